The predicted octanol–water partition coefficient (Wildman–Crippen LogP) is 3.63. The number of carbonyl (C=O) groups excluding carboxylic acids is 1. The molecular formula is C24H23ClN2O4S. The fourth-order valence-electron chi connectivity index (χ4n) is 3.14. The van der Waals surface area contributed by atoms with Crippen LogP contribution in [-0.2, 0) is 9.84 Å². The van der Waals surface area contributed by atoms with E-state index in [9.17, 15) is 18.3 Å². The van der Waals surface area contributed by atoms with Gasteiger partial charge in [-0.1, -0.05) is 41.6 Å². The molecule has 0 aliphatic heterocycles. The first kappa shape index (κ1) is 23.7. The Morgan fingerprint density at radius 3 is 2.56 bits per heavy atom. The van der Waals surface area contributed by atoms with Crippen LogP contribution < -0.4 is 5.73 Å². The first-order chi connectivity index (χ1) is 15.1. The lowest BCUT2D eigenvalue weighted by atomic mass is 10.0. The zero-order valence-electron chi connectivity index (χ0n) is 17.5. The van der Waals surface area contributed by atoms with Gasteiger partial charge >= 0.3 is 0 Å². The second kappa shape index (κ2) is 10.1. The molecule has 3 aromatic rings. The second-order valence-electron chi connectivity index (χ2n) is 7.61. The number of benzene rings is 2. The third kappa shape index (κ3) is 6.54. The van der Waals surface area contributed by atoms with Crippen LogP contribution in [0.15, 0.2) is 48.7 Å². The number of carbonyl (C=O) groups is 1. The molecule has 0 bridgehead atoms. The number of ketones is 1. The van der Waals surface area contributed by atoms with Crippen LogP contribution in [0.5, 0.6) is 0 Å². The molecule has 0 saturated carbocycles. The van der Waals surface area contributed by atoms with Crippen molar-refractivity contribution in [2.45, 2.75) is 25.4 Å². The van der Waals surface area contributed by atoms with Gasteiger partial charge in [0, 0.05) is 45.8 Å². The van der Waals surface area contributed by atoms with Crippen LogP contribution in [0.1, 0.15) is 40.7 Å². The molecule has 0 fully saturated rings. The zero-order valence-corrected chi connectivity index (χ0v) is 19.1. The van der Waals surface area contributed by atoms with Crippen molar-refractivity contribution >= 4 is 43.8 Å². The monoisotopic (exact) mass is 470 g/mol. The third-order valence-corrected chi connectivity index (χ3v) is 6.16. The van der Waals surface area contributed by atoms with Gasteiger partial charge in [0.15, 0.2) is 5.78 Å². The van der Waals surface area contributed by atoms with Crippen LogP contribution in [0.4, 0.5) is 5.82 Å². The van der Waals surface area contributed by atoms with Crippen molar-refractivity contribution < 1.29 is 18.3 Å². The van der Waals surface area contributed by atoms with Gasteiger partial charge < -0.3 is 10.8 Å². The van der Waals surface area contributed by atoms with Crippen molar-refractivity contribution in [3.8, 4) is 11.8 Å². The standard InChI is InChI=1S/C24H23ClN2O4S/c1-32(30,31)13-12-20(28)9-11-23(29)17-5-2-16(3-6-17)4-10-21-22-14-19(25)8-7-18(22)15-27-24(21)26/h2-3,5-8,14-15,20,28H,9,11-13H2,1H3,(H2,26,27). The maximum atomic E-state index is 12.4. The number of aromatic nitrogens is 1. The normalized spacial score (nSPS) is 12.2. The Balaban J connectivity index is 1.68. The lowest BCUT2D eigenvalue weighted by Gasteiger charge is -2.09. The minimum absolute atomic E-state index is 0.0985. The van der Waals surface area contributed by atoms with Crippen molar-refractivity contribution in [1.82, 2.24) is 4.98 Å². The molecule has 1 atom stereocenters. The number of aliphatic hydroxyl groups is 1. The summed E-state index contributed by atoms with van der Waals surface area (Å²) >= 11 is 6.11. The Morgan fingerprint density at radius 2 is 1.88 bits per heavy atom. The van der Waals surface area contributed by atoms with Crippen molar-refractivity contribution in [1.29, 1.82) is 0 Å². The molecule has 0 saturated heterocycles. The Bertz CT molecular complexity index is 1300. The van der Waals surface area contributed by atoms with Crippen LogP contribution in [-0.4, -0.2) is 42.4 Å². The fraction of sp³-hybridized carbons (Fsp3) is 0.250. The van der Waals surface area contributed by atoms with Gasteiger partial charge in [0.2, 0.25) is 0 Å². The van der Waals surface area contributed by atoms with E-state index < -0.39 is 15.9 Å². The van der Waals surface area contributed by atoms with Gasteiger partial charge in [-0.05, 0) is 37.1 Å². The summed E-state index contributed by atoms with van der Waals surface area (Å²) in [5.74, 6) is 6.18. The maximum Gasteiger partial charge on any atom is 0.162 e. The molecule has 3 rings (SSSR count). The number of anilines is 1. The molecule has 6 nitrogen and oxygen atoms in total. The average molecular weight is 471 g/mol. The summed E-state index contributed by atoms with van der Waals surface area (Å²) in [4.78, 5) is 16.5. The van der Waals surface area contributed by atoms with Crippen LogP contribution >= 0.6 is 11.6 Å². The van der Waals surface area contributed by atoms with Gasteiger partial charge in [-0.2, -0.15) is 0 Å². The van der Waals surface area contributed by atoms with E-state index in [1.54, 1.807) is 42.6 Å². The largest absolute Gasteiger partial charge is 0.393 e. The molecule has 1 heterocycles. The number of hydrogen-bond donors (Lipinski definition) is 2. The molecule has 2 aromatic carbocycles. The first-order valence-electron chi connectivity index (χ1n) is 9.97. The molecule has 1 aromatic heterocycles. The van der Waals surface area contributed by atoms with Crippen molar-refractivity contribution in [2.24, 2.45) is 0 Å². The minimum Gasteiger partial charge on any atom is -0.393 e. The van der Waals surface area contributed by atoms with Gasteiger partial charge in [-0.15, -0.1) is 0 Å². The summed E-state index contributed by atoms with van der Waals surface area (Å²) < 4.78 is 22.3. The van der Waals surface area contributed by atoms with Gasteiger partial charge in [-0.25, -0.2) is 13.4 Å². The number of Topliss-reactive ketones (excluding diaryl/α,β-unsaturated/α-hetero) is 1. The molecule has 166 valence electrons. The molecule has 0 aliphatic carbocycles. The third-order valence-electron chi connectivity index (χ3n) is 4.95. The molecular weight excluding hydrogens is 448 g/mol. The summed E-state index contributed by atoms with van der Waals surface area (Å²) in [6, 6.07) is 12.3. The smallest absolute Gasteiger partial charge is 0.162 e. The highest BCUT2D eigenvalue weighted by molar-refractivity contribution is 7.90. The van der Waals surface area contributed by atoms with Gasteiger partial charge in [0.05, 0.1) is 17.4 Å². The number of rotatable bonds is 7. The zero-order chi connectivity index (χ0) is 23.3. The van der Waals surface area contributed by atoms with E-state index in [1.807, 2.05) is 6.07 Å². The van der Waals surface area contributed by atoms with Gasteiger partial charge in [-0.3, -0.25) is 4.79 Å². The van der Waals surface area contributed by atoms with E-state index in [-0.39, 0.29) is 30.8 Å². The lowest BCUT2D eigenvalue weighted by Crippen LogP contribution is -2.15. The number of nitrogens with zero attached hydrogens (tertiary/aromatic N) is 1. The Hall–Kier alpha value is -2.92. The van der Waals surface area contributed by atoms with Gasteiger partial charge in [0.1, 0.15) is 15.7 Å². The Labute approximate surface area is 192 Å². The number of nitrogens with two attached hydrogens (primary N) is 1. The van der Waals surface area contributed by atoms with E-state index in [2.05, 4.69) is 16.8 Å². The highest BCUT2D eigenvalue weighted by atomic mass is 35.5. The first-order valence-corrected chi connectivity index (χ1v) is 12.4. The molecule has 0 spiro atoms. The molecule has 0 amide bonds. The summed E-state index contributed by atoms with van der Waals surface area (Å²) in [6.45, 7) is 0. The maximum absolute atomic E-state index is 12.4. The van der Waals surface area contributed by atoms with E-state index in [1.165, 1.54) is 0 Å². The van der Waals surface area contributed by atoms with Crippen LogP contribution in [0, 0.1) is 11.8 Å². The van der Waals surface area contributed by atoms with E-state index in [4.69, 9.17) is 17.3 Å². The summed E-state index contributed by atoms with van der Waals surface area (Å²) in [5.41, 5.74) is 7.81. The SMILES string of the molecule is CS(=O)(=O)CCC(O)CCC(=O)c1ccc(C#Cc2c(N)ncc3ccc(Cl)cc23)cc1. The molecule has 1 unspecified atom stereocenters. The fourth-order valence-corrected chi connectivity index (χ4v) is 4.01. The number of sulfone groups is 1. The van der Waals surface area contributed by atoms with Crippen molar-refractivity contribution in [3.05, 3.63) is 70.4 Å². The topological polar surface area (TPSA) is 110 Å². The number of pyridine rings is 1. The summed E-state index contributed by atoms with van der Waals surface area (Å²) in [7, 11) is -3.13. The summed E-state index contributed by atoms with van der Waals surface area (Å²) in [5, 5.41) is 12.2. The van der Waals surface area contributed by atoms with Crippen LogP contribution in [0.2, 0.25) is 5.02 Å². The highest BCUT2D eigenvalue weighted by Gasteiger charge is 2.13. The van der Waals surface area contributed by atoms with E-state index in [0.717, 1.165) is 17.0 Å². The average Bonchev–Trinajstić information content (AvgIpc) is 2.75. The quantitative estimate of drug-likeness (QED) is 0.403. The lowest BCUT2D eigenvalue weighted by molar-refractivity contribution is 0.0938. The molecule has 0 radical (unpaired) electrons. The van der Waals surface area contributed by atoms with E-state index in [0.29, 0.717) is 27.5 Å². The van der Waals surface area contributed by atoms with Crippen molar-refractivity contribution in [2.75, 3.05) is 17.7 Å². The number of fused-ring (bicyclic) bond motifs is 1. The van der Waals surface area contributed by atoms with Gasteiger partial charge in [0.25, 0.3) is 0 Å². The van der Waals surface area contributed by atoms with Crippen molar-refractivity contribution in [3.63, 3.8) is 0 Å². The summed E-state index contributed by atoms with van der Waals surface area (Å²) in [6.07, 6.45) is 2.44. The molecule has 8 heteroatoms. The molecule has 32 heavy (non-hydrogen) atoms. The van der Waals surface area contributed by atoms with Crippen LogP contribution in [0.25, 0.3) is 10.8 Å². The Morgan fingerprint density at radius 1 is 1.16 bits per heavy atom. The number of hydrogen-bond acceptors (Lipinski definition) is 6. The van der Waals surface area contributed by atoms with E-state index >= 15 is 0 Å². The minimum atomic E-state index is -3.13. The number of halogens is 1. The number of nitrogen functional groups attached to an aromatic ring is 1. The number of aliphatic hydroxyl groups excluding tert-OH is 1. The molecule has 3 N–H and O–H groups in total. The van der Waals surface area contributed by atoms with Crippen LogP contribution in [0.3, 0.4) is 0 Å². The highest BCUT2D eigenvalue weighted by Crippen LogP contribution is 2.25. The Kier molecular flexibility index (Phi) is 7.52. The molecule has 0 aliphatic rings. The predicted molar refractivity (Wildman–Crippen MR) is 127 cm³/mol. The second-order valence-corrected chi connectivity index (χ2v) is 10.3.